The van der Waals surface area contributed by atoms with Crippen molar-refractivity contribution in [3.63, 3.8) is 0 Å². The maximum atomic E-state index is 12.2. The fourth-order valence-electron chi connectivity index (χ4n) is 3.69. The second kappa shape index (κ2) is 9.85. The smallest absolute Gasteiger partial charge is 0.235 e. The van der Waals surface area contributed by atoms with Crippen molar-refractivity contribution < 1.29 is 13.2 Å². The summed E-state index contributed by atoms with van der Waals surface area (Å²) in [7, 11) is -3.47. The summed E-state index contributed by atoms with van der Waals surface area (Å²) in [6.45, 7) is 8.24. The number of likely N-dealkylation sites (tertiary alicyclic amines) is 1. The summed E-state index contributed by atoms with van der Waals surface area (Å²) in [5.74, 6) is 0.439. The topological polar surface area (TPSA) is 66.5 Å². The molecule has 7 heteroatoms. The average molecular weight is 445 g/mol. The number of benzene rings is 1. The Morgan fingerprint density at radius 3 is 2.62 bits per heavy atom. The minimum absolute atomic E-state index is 0.122. The third-order valence-electron chi connectivity index (χ3n) is 4.54. The lowest BCUT2D eigenvalue weighted by molar-refractivity contribution is -0.118. The van der Waals surface area contributed by atoms with Crippen LogP contribution in [0.1, 0.15) is 32.3 Å². The van der Waals surface area contributed by atoms with Crippen LogP contribution in [-0.2, 0) is 20.4 Å². The number of amides is 1. The van der Waals surface area contributed by atoms with E-state index in [-0.39, 0.29) is 5.75 Å². The maximum Gasteiger partial charge on any atom is 0.235 e. The molecule has 2 unspecified atom stereocenters. The van der Waals surface area contributed by atoms with E-state index in [9.17, 15) is 13.2 Å². The van der Waals surface area contributed by atoms with Gasteiger partial charge in [0.2, 0.25) is 5.91 Å². The lowest BCUT2D eigenvalue weighted by Gasteiger charge is -2.34. The first-order valence-corrected chi connectivity index (χ1v) is 11.8. The molecule has 0 bridgehead atoms. The number of carbonyl (C=O) groups is 1. The lowest BCUT2D eigenvalue weighted by atomic mass is 9.92. The molecule has 1 amide bonds. The highest BCUT2D eigenvalue weighted by molar-refractivity contribution is 9.10. The Bertz CT molecular complexity index is 698. The summed E-state index contributed by atoms with van der Waals surface area (Å²) in [5, 5.41) is 2.74. The zero-order chi connectivity index (χ0) is 19.2. The number of nitrogens with zero attached hydrogens (tertiary/aromatic N) is 1. The van der Waals surface area contributed by atoms with Crippen LogP contribution in [0.25, 0.3) is 0 Å². The first-order chi connectivity index (χ1) is 12.2. The van der Waals surface area contributed by atoms with Crippen LogP contribution in [0.5, 0.6) is 0 Å². The fourth-order valence-corrected chi connectivity index (χ4v) is 5.43. The van der Waals surface area contributed by atoms with Gasteiger partial charge in [-0.15, -0.1) is 0 Å². The second-order valence-electron chi connectivity index (χ2n) is 7.57. The van der Waals surface area contributed by atoms with Gasteiger partial charge in [-0.05, 0) is 48.9 Å². The summed E-state index contributed by atoms with van der Waals surface area (Å²) < 4.78 is 25.2. The quantitative estimate of drug-likeness (QED) is 0.625. The number of rotatable bonds is 8. The van der Waals surface area contributed by atoms with Crippen LogP contribution < -0.4 is 5.32 Å². The summed E-state index contributed by atoms with van der Waals surface area (Å²) in [6, 6.07) is 7.14. The fraction of sp³-hybridized carbons (Fsp3) is 0.632. The van der Waals surface area contributed by atoms with E-state index in [4.69, 9.17) is 0 Å². The van der Waals surface area contributed by atoms with Gasteiger partial charge >= 0.3 is 0 Å². The van der Waals surface area contributed by atoms with E-state index in [0.717, 1.165) is 42.4 Å². The Morgan fingerprint density at radius 2 is 1.96 bits per heavy atom. The maximum absolute atomic E-state index is 12.2. The Morgan fingerprint density at radius 1 is 1.27 bits per heavy atom. The SMILES string of the molecule is CC1CC(C)CN(CCCNC(=O)CS(=O)(=O)Cc2cccc(Br)c2)C1. The molecule has 1 aliphatic heterocycles. The molecule has 146 valence electrons. The van der Waals surface area contributed by atoms with Gasteiger partial charge in [-0.25, -0.2) is 8.42 Å². The van der Waals surface area contributed by atoms with Crippen molar-refractivity contribution in [1.29, 1.82) is 0 Å². The number of nitrogens with one attached hydrogen (secondary N) is 1. The summed E-state index contributed by atoms with van der Waals surface area (Å²) in [5.41, 5.74) is 0.681. The van der Waals surface area contributed by atoms with Gasteiger partial charge in [-0.1, -0.05) is 41.9 Å². The van der Waals surface area contributed by atoms with Crippen molar-refractivity contribution in [2.24, 2.45) is 11.8 Å². The Labute approximate surface area is 165 Å². The molecule has 1 aromatic rings. The molecule has 0 aromatic heterocycles. The monoisotopic (exact) mass is 444 g/mol. The molecule has 0 saturated carbocycles. The number of halogens is 1. The lowest BCUT2D eigenvalue weighted by Crippen LogP contribution is -2.40. The first-order valence-electron chi connectivity index (χ1n) is 9.17. The van der Waals surface area contributed by atoms with Gasteiger partial charge in [-0.2, -0.15) is 0 Å². The average Bonchev–Trinajstić information content (AvgIpc) is 2.49. The minimum Gasteiger partial charge on any atom is -0.355 e. The van der Waals surface area contributed by atoms with E-state index in [1.54, 1.807) is 18.2 Å². The van der Waals surface area contributed by atoms with Crippen LogP contribution in [-0.4, -0.2) is 51.2 Å². The van der Waals surface area contributed by atoms with Gasteiger partial charge in [0.05, 0.1) is 5.75 Å². The van der Waals surface area contributed by atoms with Crippen molar-refractivity contribution in [2.45, 2.75) is 32.4 Å². The van der Waals surface area contributed by atoms with Gasteiger partial charge in [0, 0.05) is 24.1 Å². The van der Waals surface area contributed by atoms with E-state index >= 15 is 0 Å². The number of hydrogen-bond acceptors (Lipinski definition) is 4. The van der Waals surface area contributed by atoms with Crippen molar-refractivity contribution in [3.8, 4) is 0 Å². The highest BCUT2D eigenvalue weighted by Gasteiger charge is 2.21. The Hall–Kier alpha value is -0.920. The Balaban J connectivity index is 1.69. The molecule has 1 N–H and O–H groups in total. The largest absolute Gasteiger partial charge is 0.355 e. The van der Waals surface area contributed by atoms with Crippen molar-refractivity contribution in [2.75, 3.05) is 31.9 Å². The molecule has 1 aromatic carbocycles. The summed E-state index contributed by atoms with van der Waals surface area (Å²) >= 11 is 3.32. The highest BCUT2D eigenvalue weighted by Crippen LogP contribution is 2.20. The van der Waals surface area contributed by atoms with E-state index < -0.39 is 21.5 Å². The molecule has 1 saturated heterocycles. The molecular formula is C19H29BrN2O3S. The molecule has 1 aliphatic rings. The van der Waals surface area contributed by atoms with E-state index in [1.165, 1.54) is 6.42 Å². The number of hydrogen-bond donors (Lipinski definition) is 1. The zero-order valence-electron chi connectivity index (χ0n) is 15.6. The molecule has 5 nitrogen and oxygen atoms in total. The molecule has 0 radical (unpaired) electrons. The third-order valence-corrected chi connectivity index (χ3v) is 6.51. The van der Waals surface area contributed by atoms with E-state index in [1.807, 2.05) is 6.07 Å². The molecule has 0 aliphatic carbocycles. The molecule has 0 spiro atoms. The Kier molecular flexibility index (Phi) is 8.10. The van der Waals surface area contributed by atoms with Crippen molar-refractivity contribution in [1.82, 2.24) is 10.2 Å². The molecule has 1 fully saturated rings. The van der Waals surface area contributed by atoms with Crippen LogP contribution in [0.2, 0.25) is 0 Å². The number of sulfone groups is 1. The van der Waals surface area contributed by atoms with Crippen LogP contribution in [0.15, 0.2) is 28.7 Å². The van der Waals surface area contributed by atoms with Gasteiger partial charge in [-0.3, -0.25) is 4.79 Å². The number of piperidine rings is 1. The van der Waals surface area contributed by atoms with E-state index in [2.05, 4.69) is 40.0 Å². The van der Waals surface area contributed by atoms with Crippen molar-refractivity contribution in [3.05, 3.63) is 34.3 Å². The van der Waals surface area contributed by atoms with Gasteiger partial charge in [0.15, 0.2) is 9.84 Å². The van der Waals surface area contributed by atoms with Gasteiger partial charge in [0.25, 0.3) is 0 Å². The standard InChI is InChI=1S/C19H29BrN2O3S/c1-15-9-16(2)12-22(11-15)8-4-7-21-19(23)14-26(24,25)13-17-5-3-6-18(20)10-17/h3,5-6,10,15-16H,4,7-9,11-14H2,1-2H3,(H,21,23). The second-order valence-corrected chi connectivity index (χ2v) is 10.6. The highest BCUT2D eigenvalue weighted by atomic mass is 79.9. The van der Waals surface area contributed by atoms with Gasteiger partial charge in [0.1, 0.15) is 5.75 Å². The van der Waals surface area contributed by atoms with Crippen LogP contribution in [0.4, 0.5) is 0 Å². The predicted octanol–water partition coefficient (Wildman–Crippen LogP) is 2.85. The van der Waals surface area contributed by atoms with Crippen LogP contribution >= 0.6 is 15.9 Å². The molecule has 1 heterocycles. The summed E-state index contributed by atoms with van der Waals surface area (Å²) in [4.78, 5) is 14.4. The predicted molar refractivity (Wildman–Crippen MR) is 109 cm³/mol. The van der Waals surface area contributed by atoms with Crippen molar-refractivity contribution >= 4 is 31.7 Å². The molecule has 2 rings (SSSR count). The molecular weight excluding hydrogens is 416 g/mol. The molecule has 2 atom stereocenters. The first kappa shape index (κ1) is 21.4. The minimum atomic E-state index is -3.47. The normalized spacial score (nSPS) is 21.5. The van der Waals surface area contributed by atoms with E-state index in [0.29, 0.717) is 12.1 Å². The third kappa shape index (κ3) is 7.76. The molecule has 26 heavy (non-hydrogen) atoms. The zero-order valence-corrected chi connectivity index (χ0v) is 18.0. The number of carbonyl (C=O) groups excluding carboxylic acids is 1. The van der Waals surface area contributed by atoms with Crippen LogP contribution in [0.3, 0.4) is 0 Å². The van der Waals surface area contributed by atoms with Gasteiger partial charge < -0.3 is 10.2 Å². The summed E-state index contributed by atoms with van der Waals surface area (Å²) in [6.07, 6.45) is 2.12. The van der Waals surface area contributed by atoms with Crippen LogP contribution in [0, 0.1) is 11.8 Å².